The van der Waals surface area contributed by atoms with E-state index in [1.54, 1.807) is 7.11 Å². The molecule has 1 fully saturated rings. The molecule has 0 unspecified atom stereocenters. The van der Waals surface area contributed by atoms with Gasteiger partial charge in [0.25, 0.3) is 0 Å². The van der Waals surface area contributed by atoms with Crippen molar-refractivity contribution >= 4 is 29.9 Å². The lowest BCUT2D eigenvalue weighted by molar-refractivity contribution is 0.143. The Morgan fingerprint density at radius 2 is 2.00 bits per heavy atom. The van der Waals surface area contributed by atoms with Gasteiger partial charge in [-0.25, -0.2) is 9.98 Å². The Morgan fingerprint density at radius 1 is 1.23 bits per heavy atom. The first-order chi connectivity index (χ1) is 12.2. The van der Waals surface area contributed by atoms with E-state index in [-0.39, 0.29) is 24.0 Å². The zero-order chi connectivity index (χ0) is 17.9. The highest BCUT2D eigenvalue weighted by atomic mass is 127. The highest BCUT2D eigenvalue weighted by Gasteiger charge is 2.18. The average molecular weight is 476 g/mol. The predicted molar refractivity (Wildman–Crippen MR) is 116 cm³/mol. The molecule has 1 aromatic heterocycles. The van der Waals surface area contributed by atoms with Gasteiger partial charge in [0.2, 0.25) is 5.88 Å². The molecule has 0 bridgehead atoms. The summed E-state index contributed by atoms with van der Waals surface area (Å²) in [7, 11) is 1.65. The van der Waals surface area contributed by atoms with E-state index in [2.05, 4.69) is 29.5 Å². The Kier molecular flexibility index (Phi) is 11.6. The van der Waals surface area contributed by atoms with E-state index in [0.717, 1.165) is 24.0 Å². The molecule has 7 heteroatoms. The summed E-state index contributed by atoms with van der Waals surface area (Å²) >= 11 is 0. The Morgan fingerprint density at radius 3 is 2.62 bits per heavy atom. The number of nitrogens with one attached hydrogen (secondary N) is 2. The quantitative estimate of drug-likeness (QED) is 0.261. The third-order valence-electron chi connectivity index (χ3n) is 4.46. The van der Waals surface area contributed by atoms with Crippen LogP contribution in [0.25, 0.3) is 0 Å². The first kappa shape index (κ1) is 23.0. The second-order valence-corrected chi connectivity index (χ2v) is 6.64. The van der Waals surface area contributed by atoms with Crippen molar-refractivity contribution in [1.82, 2.24) is 15.6 Å². The summed E-state index contributed by atoms with van der Waals surface area (Å²) in [6, 6.07) is 4.41. The molecular weight excluding hydrogens is 443 g/mol. The van der Waals surface area contributed by atoms with E-state index >= 15 is 0 Å². The molecule has 0 aromatic carbocycles. The van der Waals surface area contributed by atoms with Crippen LogP contribution in [0.3, 0.4) is 0 Å². The first-order valence-electron chi connectivity index (χ1n) is 9.32. The maximum Gasteiger partial charge on any atom is 0.213 e. The second-order valence-electron chi connectivity index (χ2n) is 6.64. The van der Waals surface area contributed by atoms with Crippen LogP contribution in [0.4, 0.5) is 0 Å². The minimum Gasteiger partial charge on any atom is -0.475 e. The highest BCUT2D eigenvalue weighted by Crippen LogP contribution is 2.23. The SMILES string of the molecule is CCNC(=NCc1ccc(OCCOC)nc1)NC1CCC(C)CC1.I. The fourth-order valence-electron chi connectivity index (χ4n) is 2.91. The maximum atomic E-state index is 5.48. The van der Waals surface area contributed by atoms with E-state index in [4.69, 9.17) is 14.5 Å². The number of halogens is 1. The Balaban J connectivity index is 0.00000338. The molecular formula is C19H33IN4O2. The lowest BCUT2D eigenvalue weighted by atomic mass is 9.87. The number of ether oxygens (including phenoxy) is 2. The van der Waals surface area contributed by atoms with E-state index in [0.29, 0.717) is 31.7 Å². The molecule has 0 aliphatic heterocycles. The second kappa shape index (κ2) is 13.1. The molecule has 1 aliphatic carbocycles. The number of methoxy groups -OCH3 is 1. The summed E-state index contributed by atoms with van der Waals surface area (Å²) in [4.78, 5) is 9.01. The Labute approximate surface area is 174 Å². The van der Waals surface area contributed by atoms with Crippen molar-refractivity contribution in [3.63, 3.8) is 0 Å². The predicted octanol–water partition coefficient (Wildman–Crippen LogP) is 3.36. The van der Waals surface area contributed by atoms with Crippen LogP contribution < -0.4 is 15.4 Å². The van der Waals surface area contributed by atoms with Crippen LogP contribution in [0.5, 0.6) is 5.88 Å². The number of hydrogen-bond acceptors (Lipinski definition) is 4. The van der Waals surface area contributed by atoms with Crippen LogP contribution in [-0.2, 0) is 11.3 Å². The van der Waals surface area contributed by atoms with Gasteiger partial charge in [0.05, 0.1) is 13.2 Å². The van der Waals surface area contributed by atoms with Gasteiger partial charge < -0.3 is 20.1 Å². The molecule has 0 amide bonds. The molecule has 2 N–H and O–H groups in total. The maximum absolute atomic E-state index is 5.48. The molecule has 0 spiro atoms. The number of aliphatic imine (C=N–C) groups is 1. The van der Waals surface area contributed by atoms with E-state index in [9.17, 15) is 0 Å². The molecule has 26 heavy (non-hydrogen) atoms. The molecule has 1 aliphatic rings. The van der Waals surface area contributed by atoms with Gasteiger partial charge in [-0.3, -0.25) is 0 Å². The number of hydrogen-bond donors (Lipinski definition) is 2. The molecule has 6 nitrogen and oxygen atoms in total. The third-order valence-corrected chi connectivity index (χ3v) is 4.46. The zero-order valence-electron chi connectivity index (χ0n) is 16.2. The van der Waals surface area contributed by atoms with Crippen molar-refractivity contribution in [3.8, 4) is 5.88 Å². The van der Waals surface area contributed by atoms with Crippen LogP contribution in [0.2, 0.25) is 0 Å². The summed E-state index contributed by atoms with van der Waals surface area (Å²) in [6.07, 6.45) is 6.86. The van der Waals surface area contributed by atoms with Gasteiger partial charge in [0.15, 0.2) is 5.96 Å². The normalized spacial score (nSPS) is 20.2. The van der Waals surface area contributed by atoms with Gasteiger partial charge >= 0.3 is 0 Å². The molecule has 0 radical (unpaired) electrons. The van der Waals surface area contributed by atoms with Crippen LogP contribution in [-0.4, -0.2) is 43.9 Å². The van der Waals surface area contributed by atoms with E-state index in [1.165, 1.54) is 25.7 Å². The Bertz CT molecular complexity index is 517. The highest BCUT2D eigenvalue weighted by molar-refractivity contribution is 14.0. The summed E-state index contributed by atoms with van der Waals surface area (Å²) in [5.74, 6) is 2.36. The van der Waals surface area contributed by atoms with Crippen LogP contribution in [0, 0.1) is 5.92 Å². The standard InChI is InChI=1S/C19H32N4O2.HI/c1-4-20-19(23-17-8-5-15(2)6-9-17)22-14-16-7-10-18(21-13-16)25-12-11-24-3;/h7,10,13,15,17H,4-6,8-9,11-12,14H2,1-3H3,(H2,20,22,23);1H. The summed E-state index contributed by atoms with van der Waals surface area (Å²) in [5.41, 5.74) is 1.06. The van der Waals surface area contributed by atoms with Gasteiger partial charge in [-0.2, -0.15) is 0 Å². The lowest BCUT2D eigenvalue weighted by Gasteiger charge is -2.28. The van der Waals surface area contributed by atoms with Crippen LogP contribution in [0.1, 0.15) is 45.1 Å². The monoisotopic (exact) mass is 476 g/mol. The molecule has 1 heterocycles. The summed E-state index contributed by atoms with van der Waals surface area (Å²) in [5, 5.41) is 6.91. The van der Waals surface area contributed by atoms with Gasteiger partial charge in [0.1, 0.15) is 6.61 Å². The third kappa shape index (κ3) is 8.53. The van der Waals surface area contributed by atoms with Crippen molar-refractivity contribution in [2.45, 2.75) is 52.1 Å². The van der Waals surface area contributed by atoms with Gasteiger partial charge in [0, 0.05) is 32.0 Å². The van der Waals surface area contributed by atoms with Crippen LogP contribution in [0.15, 0.2) is 23.3 Å². The topological polar surface area (TPSA) is 67.8 Å². The zero-order valence-corrected chi connectivity index (χ0v) is 18.5. The summed E-state index contributed by atoms with van der Waals surface area (Å²) < 4.78 is 10.4. The van der Waals surface area contributed by atoms with Gasteiger partial charge in [-0.15, -0.1) is 24.0 Å². The molecule has 1 saturated carbocycles. The van der Waals surface area contributed by atoms with Gasteiger partial charge in [-0.1, -0.05) is 13.0 Å². The fraction of sp³-hybridized carbons (Fsp3) is 0.684. The van der Waals surface area contributed by atoms with E-state index < -0.39 is 0 Å². The minimum absolute atomic E-state index is 0. The van der Waals surface area contributed by atoms with Crippen molar-refractivity contribution in [3.05, 3.63) is 23.9 Å². The Hall–Kier alpha value is -1.09. The van der Waals surface area contributed by atoms with Crippen molar-refractivity contribution in [1.29, 1.82) is 0 Å². The smallest absolute Gasteiger partial charge is 0.213 e. The largest absolute Gasteiger partial charge is 0.475 e. The van der Waals surface area contributed by atoms with Crippen molar-refractivity contribution in [2.75, 3.05) is 26.9 Å². The number of nitrogens with zero attached hydrogens (tertiary/aromatic N) is 2. The molecule has 1 aromatic rings. The fourth-order valence-corrected chi connectivity index (χ4v) is 2.91. The van der Waals surface area contributed by atoms with Crippen molar-refractivity contribution in [2.24, 2.45) is 10.9 Å². The molecule has 0 atom stereocenters. The van der Waals surface area contributed by atoms with Crippen molar-refractivity contribution < 1.29 is 9.47 Å². The summed E-state index contributed by atoms with van der Waals surface area (Å²) in [6.45, 7) is 6.96. The molecule has 2 rings (SSSR count). The first-order valence-corrected chi connectivity index (χ1v) is 9.32. The number of guanidine groups is 1. The van der Waals surface area contributed by atoms with Gasteiger partial charge in [-0.05, 0) is 44.1 Å². The number of rotatable bonds is 8. The van der Waals surface area contributed by atoms with Crippen LogP contribution >= 0.6 is 24.0 Å². The number of aromatic nitrogens is 1. The lowest BCUT2D eigenvalue weighted by Crippen LogP contribution is -2.44. The minimum atomic E-state index is 0. The molecule has 0 saturated heterocycles. The van der Waals surface area contributed by atoms with E-state index in [1.807, 2.05) is 18.3 Å². The average Bonchev–Trinajstić information content (AvgIpc) is 2.63. The number of pyridine rings is 1. The molecule has 148 valence electrons.